The van der Waals surface area contributed by atoms with Gasteiger partial charge in [-0.1, -0.05) is 54.1 Å². The molecular formula is C23H16ClIN2O2. The lowest BCUT2D eigenvalue weighted by atomic mass is 10.1. The van der Waals surface area contributed by atoms with Crippen molar-refractivity contribution in [3.63, 3.8) is 0 Å². The van der Waals surface area contributed by atoms with Gasteiger partial charge in [0, 0.05) is 14.2 Å². The van der Waals surface area contributed by atoms with Crippen molar-refractivity contribution in [2.75, 3.05) is 5.32 Å². The summed E-state index contributed by atoms with van der Waals surface area (Å²) in [6, 6.07) is 24.0. The van der Waals surface area contributed by atoms with E-state index < -0.39 is 5.91 Å². The number of carbonyl (C=O) groups excluding carboxylic acids is 1. The van der Waals surface area contributed by atoms with Crippen LogP contribution < -0.4 is 10.1 Å². The summed E-state index contributed by atoms with van der Waals surface area (Å²) in [6.45, 7) is 0.358. The molecule has 4 nitrogen and oxygen atoms in total. The molecule has 0 fully saturated rings. The van der Waals surface area contributed by atoms with Crippen molar-refractivity contribution in [1.29, 1.82) is 5.26 Å². The third kappa shape index (κ3) is 5.83. The van der Waals surface area contributed by atoms with Crippen LogP contribution in [0, 0.1) is 14.9 Å². The molecule has 0 heterocycles. The van der Waals surface area contributed by atoms with E-state index in [1.54, 1.807) is 36.4 Å². The van der Waals surface area contributed by atoms with E-state index >= 15 is 0 Å². The van der Waals surface area contributed by atoms with Crippen molar-refractivity contribution in [1.82, 2.24) is 0 Å². The van der Waals surface area contributed by atoms with E-state index in [2.05, 4.69) is 27.9 Å². The predicted molar refractivity (Wildman–Crippen MR) is 124 cm³/mol. The SMILES string of the molecule is N#C/C(=C/c1ccc(OCc2ccccc2Cl)cc1)C(=O)Nc1ccccc1I. The van der Waals surface area contributed by atoms with Gasteiger partial charge in [-0.25, -0.2) is 0 Å². The fourth-order valence-corrected chi connectivity index (χ4v) is 3.22. The largest absolute Gasteiger partial charge is 0.489 e. The van der Waals surface area contributed by atoms with Crippen LogP contribution in [0.2, 0.25) is 5.02 Å². The van der Waals surface area contributed by atoms with Gasteiger partial charge in [-0.2, -0.15) is 5.26 Å². The van der Waals surface area contributed by atoms with E-state index in [1.807, 2.05) is 48.5 Å². The molecule has 0 radical (unpaired) electrons. The number of anilines is 1. The van der Waals surface area contributed by atoms with Crippen molar-refractivity contribution in [2.45, 2.75) is 6.61 Å². The molecule has 3 rings (SSSR count). The maximum atomic E-state index is 12.4. The molecular weight excluding hydrogens is 499 g/mol. The summed E-state index contributed by atoms with van der Waals surface area (Å²) >= 11 is 8.26. The van der Waals surface area contributed by atoms with Crippen LogP contribution in [-0.2, 0) is 11.4 Å². The molecule has 0 unspecified atom stereocenters. The minimum absolute atomic E-state index is 0.0226. The fourth-order valence-electron chi connectivity index (χ4n) is 2.50. The molecule has 3 aromatic rings. The fraction of sp³-hybridized carbons (Fsp3) is 0.0435. The zero-order valence-electron chi connectivity index (χ0n) is 15.2. The first-order valence-corrected chi connectivity index (χ1v) is 10.2. The van der Waals surface area contributed by atoms with Crippen LogP contribution in [0.15, 0.2) is 78.4 Å². The normalized spacial score (nSPS) is 10.9. The van der Waals surface area contributed by atoms with E-state index in [0.29, 0.717) is 23.1 Å². The highest BCUT2D eigenvalue weighted by atomic mass is 127. The second-order valence-corrected chi connectivity index (χ2v) is 7.62. The molecule has 0 saturated carbocycles. The van der Waals surface area contributed by atoms with Gasteiger partial charge in [-0.15, -0.1) is 0 Å². The third-order valence-electron chi connectivity index (χ3n) is 4.03. The molecule has 1 N–H and O–H groups in total. The number of nitrogens with one attached hydrogen (secondary N) is 1. The maximum absolute atomic E-state index is 12.4. The molecule has 1 amide bonds. The molecule has 6 heteroatoms. The molecule has 0 bridgehead atoms. The molecule has 0 spiro atoms. The van der Waals surface area contributed by atoms with Gasteiger partial charge < -0.3 is 10.1 Å². The molecule has 3 aromatic carbocycles. The lowest BCUT2D eigenvalue weighted by molar-refractivity contribution is -0.112. The Labute approximate surface area is 187 Å². The molecule has 0 aliphatic heterocycles. The van der Waals surface area contributed by atoms with Crippen LogP contribution in [0.4, 0.5) is 5.69 Å². The van der Waals surface area contributed by atoms with E-state index in [4.69, 9.17) is 16.3 Å². The highest BCUT2D eigenvalue weighted by molar-refractivity contribution is 14.1. The van der Waals surface area contributed by atoms with Gasteiger partial charge in [-0.05, 0) is 64.6 Å². The van der Waals surface area contributed by atoms with E-state index in [9.17, 15) is 10.1 Å². The number of benzene rings is 3. The molecule has 0 aromatic heterocycles. The van der Waals surface area contributed by atoms with Crippen molar-refractivity contribution >= 4 is 51.9 Å². The van der Waals surface area contributed by atoms with E-state index in [0.717, 1.165) is 14.7 Å². The van der Waals surface area contributed by atoms with Crippen LogP contribution >= 0.6 is 34.2 Å². The number of halogens is 2. The van der Waals surface area contributed by atoms with Crippen LogP contribution in [0.1, 0.15) is 11.1 Å². The van der Waals surface area contributed by atoms with Crippen molar-refractivity contribution in [2.24, 2.45) is 0 Å². The Morgan fingerprint density at radius 2 is 1.76 bits per heavy atom. The van der Waals surface area contributed by atoms with Crippen LogP contribution in [-0.4, -0.2) is 5.91 Å². The number of para-hydroxylation sites is 1. The Morgan fingerprint density at radius 3 is 2.45 bits per heavy atom. The zero-order valence-corrected chi connectivity index (χ0v) is 18.1. The minimum Gasteiger partial charge on any atom is -0.489 e. The maximum Gasteiger partial charge on any atom is 0.266 e. The van der Waals surface area contributed by atoms with Gasteiger partial charge in [-0.3, -0.25) is 4.79 Å². The Morgan fingerprint density at radius 1 is 1.07 bits per heavy atom. The lowest BCUT2D eigenvalue weighted by Gasteiger charge is -2.08. The summed E-state index contributed by atoms with van der Waals surface area (Å²) < 4.78 is 6.65. The lowest BCUT2D eigenvalue weighted by Crippen LogP contribution is -2.14. The van der Waals surface area contributed by atoms with Crippen molar-refractivity contribution in [3.8, 4) is 11.8 Å². The van der Waals surface area contributed by atoms with E-state index in [-0.39, 0.29) is 5.57 Å². The Hall–Kier alpha value is -2.82. The zero-order chi connectivity index (χ0) is 20.6. The number of nitriles is 1. The quantitative estimate of drug-likeness (QED) is 0.247. The van der Waals surface area contributed by atoms with Crippen molar-refractivity contribution in [3.05, 3.63) is 98.1 Å². The molecule has 0 aliphatic carbocycles. The number of hydrogen-bond acceptors (Lipinski definition) is 3. The van der Waals surface area contributed by atoms with Crippen molar-refractivity contribution < 1.29 is 9.53 Å². The predicted octanol–water partition coefficient (Wildman–Crippen LogP) is 6.07. The molecule has 144 valence electrons. The topological polar surface area (TPSA) is 62.1 Å². The number of ether oxygens (including phenoxy) is 1. The average Bonchev–Trinajstić information content (AvgIpc) is 2.74. The summed E-state index contributed by atoms with van der Waals surface area (Å²) in [6.07, 6.45) is 1.54. The van der Waals surface area contributed by atoms with Gasteiger partial charge in [0.1, 0.15) is 24.0 Å². The average molecular weight is 515 g/mol. The number of carbonyl (C=O) groups is 1. The van der Waals surface area contributed by atoms with E-state index in [1.165, 1.54) is 0 Å². The van der Waals surface area contributed by atoms with Gasteiger partial charge in [0.2, 0.25) is 0 Å². The summed E-state index contributed by atoms with van der Waals surface area (Å²) in [5.74, 6) is 0.222. The third-order valence-corrected chi connectivity index (χ3v) is 5.34. The molecule has 0 aliphatic rings. The summed E-state index contributed by atoms with van der Waals surface area (Å²) in [7, 11) is 0. The molecule has 0 atom stereocenters. The van der Waals surface area contributed by atoms with Gasteiger partial charge in [0.05, 0.1) is 5.69 Å². The minimum atomic E-state index is -0.448. The number of hydrogen-bond donors (Lipinski definition) is 1. The highest BCUT2D eigenvalue weighted by Crippen LogP contribution is 2.21. The Bertz CT molecular complexity index is 1090. The van der Waals surface area contributed by atoms with Crippen LogP contribution in [0.5, 0.6) is 5.75 Å². The Balaban J connectivity index is 1.67. The number of amides is 1. The molecule has 29 heavy (non-hydrogen) atoms. The second-order valence-electron chi connectivity index (χ2n) is 6.05. The Kier molecular flexibility index (Phi) is 7.28. The summed E-state index contributed by atoms with van der Waals surface area (Å²) in [5, 5.41) is 12.8. The monoisotopic (exact) mass is 514 g/mol. The van der Waals surface area contributed by atoms with Crippen LogP contribution in [0.3, 0.4) is 0 Å². The highest BCUT2D eigenvalue weighted by Gasteiger charge is 2.11. The van der Waals surface area contributed by atoms with Crippen LogP contribution in [0.25, 0.3) is 6.08 Å². The van der Waals surface area contributed by atoms with Gasteiger partial charge >= 0.3 is 0 Å². The first-order chi connectivity index (χ1) is 14.1. The summed E-state index contributed by atoms with van der Waals surface area (Å²) in [4.78, 5) is 12.4. The second kappa shape index (κ2) is 10.1. The first kappa shape index (κ1) is 20.9. The standard InChI is InChI=1S/C23H16ClIN2O2/c24-20-6-2-1-5-17(20)15-29-19-11-9-16(10-12-19)13-18(14-26)23(28)27-22-8-4-3-7-21(22)25/h1-13H,15H2,(H,27,28)/b18-13-. The first-order valence-electron chi connectivity index (χ1n) is 8.71. The van der Waals surface area contributed by atoms with Gasteiger partial charge in [0.25, 0.3) is 5.91 Å². The summed E-state index contributed by atoms with van der Waals surface area (Å²) in [5.41, 5.74) is 2.32. The molecule has 0 saturated heterocycles. The smallest absolute Gasteiger partial charge is 0.266 e. The van der Waals surface area contributed by atoms with Gasteiger partial charge in [0.15, 0.2) is 0 Å². The number of nitrogens with zero attached hydrogens (tertiary/aromatic N) is 1. The number of rotatable bonds is 6.